The van der Waals surface area contributed by atoms with Gasteiger partial charge in [0.05, 0.1) is 16.4 Å². The Balaban J connectivity index is 1.65. The summed E-state index contributed by atoms with van der Waals surface area (Å²) in [6, 6.07) is 13.5. The third kappa shape index (κ3) is 4.38. The molecule has 0 spiro atoms. The van der Waals surface area contributed by atoms with E-state index in [0.29, 0.717) is 0 Å². The van der Waals surface area contributed by atoms with Crippen molar-refractivity contribution in [3.05, 3.63) is 62.2 Å². The Morgan fingerprint density at radius 1 is 1.19 bits per heavy atom. The smallest absolute Gasteiger partial charge is 0.282 e. The summed E-state index contributed by atoms with van der Waals surface area (Å²) in [6.45, 7) is 0. The molecule has 0 fully saturated rings. The molecule has 0 saturated heterocycles. The minimum Gasteiger partial charge on any atom is -0.411 e. The molecule has 1 heterocycles. The second-order valence-corrected chi connectivity index (χ2v) is 7.05. The summed E-state index contributed by atoms with van der Waals surface area (Å²) in [5, 5.41) is 21.7. The maximum atomic E-state index is 12.0. The zero-order chi connectivity index (χ0) is 18.5. The first kappa shape index (κ1) is 18.3. The van der Waals surface area contributed by atoms with E-state index in [1.165, 1.54) is 12.1 Å². The molecule has 0 aliphatic heterocycles. The molecule has 1 N–H and O–H groups in total. The van der Waals surface area contributed by atoms with Gasteiger partial charge in [-0.2, -0.15) is 0 Å². The van der Waals surface area contributed by atoms with Gasteiger partial charge in [-0.3, -0.25) is 14.9 Å². The number of para-hydroxylation sites is 2. The number of anilines is 1. The van der Waals surface area contributed by atoms with Gasteiger partial charge in [0, 0.05) is 9.64 Å². The monoisotopic (exact) mass is 482 g/mol. The van der Waals surface area contributed by atoms with Gasteiger partial charge < -0.3 is 9.73 Å². The lowest BCUT2D eigenvalue weighted by Crippen LogP contribution is -2.14. The average Bonchev–Trinajstić information content (AvgIpc) is 3.11. The van der Waals surface area contributed by atoms with Crippen LogP contribution >= 0.6 is 34.4 Å². The van der Waals surface area contributed by atoms with Crippen molar-refractivity contribution in [3.63, 3.8) is 0 Å². The van der Waals surface area contributed by atoms with E-state index in [9.17, 15) is 14.9 Å². The van der Waals surface area contributed by atoms with E-state index in [1.54, 1.807) is 12.1 Å². The first-order valence-corrected chi connectivity index (χ1v) is 9.35. The third-order valence-electron chi connectivity index (χ3n) is 3.21. The number of rotatable bonds is 6. The Morgan fingerprint density at radius 2 is 1.92 bits per heavy atom. The number of nitrogens with zero attached hydrogens (tertiary/aromatic N) is 3. The maximum Gasteiger partial charge on any atom is 0.282 e. The minimum absolute atomic E-state index is 0.0396. The Morgan fingerprint density at radius 3 is 2.69 bits per heavy atom. The van der Waals surface area contributed by atoms with Gasteiger partial charge in [0.15, 0.2) is 0 Å². The fourth-order valence-electron chi connectivity index (χ4n) is 2.07. The second-order valence-electron chi connectivity index (χ2n) is 4.96. The van der Waals surface area contributed by atoms with Gasteiger partial charge >= 0.3 is 0 Å². The molecule has 0 saturated carbocycles. The molecule has 0 aliphatic rings. The topological polar surface area (TPSA) is 111 Å². The number of nitrogens with one attached hydrogen (secondary N) is 1. The Hall–Kier alpha value is -2.47. The summed E-state index contributed by atoms with van der Waals surface area (Å²) in [4.78, 5) is 22.6. The molecule has 0 bridgehead atoms. The highest BCUT2D eigenvalue weighted by molar-refractivity contribution is 14.1. The van der Waals surface area contributed by atoms with E-state index in [1.807, 2.05) is 24.3 Å². The van der Waals surface area contributed by atoms with Crippen LogP contribution in [0.1, 0.15) is 0 Å². The molecule has 0 aliphatic carbocycles. The van der Waals surface area contributed by atoms with Crippen LogP contribution in [0.5, 0.6) is 0 Å². The van der Waals surface area contributed by atoms with Gasteiger partial charge in [0.2, 0.25) is 5.91 Å². The highest BCUT2D eigenvalue weighted by Gasteiger charge is 2.20. The highest BCUT2D eigenvalue weighted by Crippen LogP contribution is 2.30. The van der Waals surface area contributed by atoms with Crippen molar-refractivity contribution >= 4 is 51.6 Å². The Kier molecular flexibility index (Phi) is 5.83. The van der Waals surface area contributed by atoms with Crippen molar-refractivity contribution in [2.75, 3.05) is 11.1 Å². The second kappa shape index (κ2) is 8.27. The number of hydrogen-bond acceptors (Lipinski definition) is 7. The highest BCUT2D eigenvalue weighted by atomic mass is 127. The van der Waals surface area contributed by atoms with E-state index in [-0.39, 0.29) is 34.0 Å². The fourth-order valence-corrected chi connectivity index (χ4v) is 3.15. The van der Waals surface area contributed by atoms with Gasteiger partial charge in [-0.05, 0) is 40.8 Å². The lowest BCUT2D eigenvalue weighted by Gasteiger charge is -2.05. The molecule has 26 heavy (non-hydrogen) atoms. The van der Waals surface area contributed by atoms with E-state index in [4.69, 9.17) is 4.42 Å². The third-order valence-corrected chi connectivity index (χ3v) is 4.97. The number of nitro benzene ring substituents is 1. The van der Waals surface area contributed by atoms with Crippen LogP contribution in [0.4, 0.5) is 11.4 Å². The molecule has 2 aromatic carbocycles. The zero-order valence-corrected chi connectivity index (χ0v) is 16.1. The molecule has 3 aromatic rings. The van der Waals surface area contributed by atoms with Crippen LogP contribution in [0, 0.1) is 13.7 Å². The largest absolute Gasteiger partial charge is 0.411 e. The summed E-state index contributed by atoms with van der Waals surface area (Å²) in [5.74, 6) is -0.105. The van der Waals surface area contributed by atoms with Gasteiger partial charge in [-0.15, -0.1) is 10.2 Å². The van der Waals surface area contributed by atoms with Crippen molar-refractivity contribution in [1.82, 2.24) is 10.2 Å². The first-order chi connectivity index (χ1) is 12.5. The SMILES string of the molecule is O=C(CSc1nnc(-c2ccccc2[N+](=O)[O-])o1)Nc1ccccc1I. The maximum absolute atomic E-state index is 12.0. The summed E-state index contributed by atoms with van der Waals surface area (Å²) in [6.07, 6.45) is 0. The molecule has 0 radical (unpaired) electrons. The molecular formula is C16H11IN4O4S. The van der Waals surface area contributed by atoms with Gasteiger partial charge in [0.25, 0.3) is 16.8 Å². The van der Waals surface area contributed by atoms with Crippen molar-refractivity contribution in [3.8, 4) is 11.5 Å². The van der Waals surface area contributed by atoms with Gasteiger partial charge in [0.1, 0.15) is 5.56 Å². The van der Waals surface area contributed by atoms with Crippen molar-refractivity contribution in [2.45, 2.75) is 5.22 Å². The molecule has 1 aromatic heterocycles. The number of aromatic nitrogens is 2. The zero-order valence-electron chi connectivity index (χ0n) is 13.1. The van der Waals surface area contributed by atoms with Gasteiger partial charge in [-0.1, -0.05) is 36.0 Å². The number of amides is 1. The number of benzene rings is 2. The number of hydrogen-bond donors (Lipinski definition) is 1. The van der Waals surface area contributed by atoms with Gasteiger partial charge in [-0.25, -0.2) is 0 Å². The summed E-state index contributed by atoms with van der Waals surface area (Å²) >= 11 is 3.19. The molecule has 3 rings (SSSR count). The molecule has 0 unspecified atom stereocenters. The minimum atomic E-state index is -0.513. The molecule has 8 nitrogen and oxygen atoms in total. The fraction of sp³-hybridized carbons (Fsp3) is 0.0625. The number of carbonyl (C=O) groups is 1. The molecule has 10 heteroatoms. The molecule has 0 atom stereocenters. The summed E-state index contributed by atoms with van der Waals surface area (Å²) in [7, 11) is 0. The number of carbonyl (C=O) groups excluding carboxylic acids is 1. The first-order valence-electron chi connectivity index (χ1n) is 7.29. The van der Waals surface area contributed by atoms with E-state index >= 15 is 0 Å². The van der Waals surface area contributed by atoms with Crippen molar-refractivity contribution in [1.29, 1.82) is 0 Å². The van der Waals surface area contributed by atoms with Crippen molar-refractivity contribution in [2.24, 2.45) is 0 Å². The molecule has 132 valence electrons. The Labute approximate surface area is 165 Å². The number of nitro groups is 1. The van der Waals surface area contributed by atoms with Crippen LogP contribution in [0.15, 0.2) is 58.2 Å². The number of halogens is 1. The van der Waals surface area contributed by atoms with Crippen LogP contribution in [-0.2, 0) is 4.79 Å². The van der Waals surface area contributed by atoms with E-state index in [0.717, 1.165) is 21.0 Å². The standard InChI is InChI=1S/C16H11IN4O4S/c17-11-6-2-3-7-12(11)18-14(22)9-26-16-20-19-15(25-16)10-5-1-4-8-13(10)21(23)24/h1-8H,9H2,(H,18,22). The van der Waals surface area contributed by atoms with Crippen LogP contribution in [0.2, 0.25) is 0 Å². The van der Waals surface area contributed by atoms with Crippen LogP contribution in [-0.4, -0.2) is 26.8 Å². The summed E-state index contributed by atoms with van der Waals surface area (Å²) < 4.78 is 6.37. The normalized spacial score (nSPS) is 10.5. The lowest BCUT2D eigenvalue weighted by molar-refractivity contribution is -0.384. The quantitative estimate of drug-likeness (QED) is 0.245. The van der Waals surface area contributed by atoms with E-state index in [2.05, 4.69) is 38.1 Å². The van der Waals surface area contributed by atoms with Crippen LogP contribution in [0.25, 0.3) is 11.5 Å². The lowest BCUT2D eigenvalue weighted by atomic mass is 10.2. The predicted molar refractivity (Wildman–Crippen MR) is 105 cm³/mol. The summed E-state index contributed by atoms with van der Waals surface area (Å²) in [5.41, 5.74) is 0.842. The average molecular weight is 482 g/mol. The van der Waals surface area contributed by atoms with Crippen LogP contribution < -0.4 is 5.32 Å². The Bertz CT molecular complexity index is 963. The number of thioether (sulfide) groups is 1. The van der Waals surface area contributed by atoms with Crippen molar-refractivity contribution < 1.29 is 14.1 Å². The van der Waals surface area contributed by atoms with E-state index < -0.39 is 4.92 Å². The molecular weight excluding hydrogens is 471 g/mol. The van der Waals surface area contributed by atoms with Crippen LogP contribution in [0.3, 0.4) is 0 Å². The molecule has 1 amide bonds. The predicted octanol–water partition coefficient (Wildman–Crippen LogP) is 3.98.